The number of hydrogen-bond acceptors (Lipinski definition) is 8. The van der Waals surface area contributed by atoms with Crippen LogP contribution in [0.15, 0.2) is 36.4 Å². The van der Waals surface area contributed by atoms with E-state index in [1.807, 2.05) is 0 Å². The number of benzene rings is 2. The van der Waals surface area contributed by atoms with Crippen molar-refractivity contribution in [2.45, 2.75) is 64.1 Å². The molecule has 0 spiro atoms. The third-order valence-electron chi connectivity index (χ3n) is 5.58. The zero-order valence-corrected chi connectivity index (χ0v) is 18.5. The Hall–Kier alpha value is -3.55. The Morgan fingerprint density at radius 1 is 1.00 bits per heavy atom. The van der Waals surface area contributed by atoms with Gasteiger partial charge in [0.1, 0.15) is 23.4 Å². The Kier molecular flexibility index (Phi) is 7.92. The molecule has 33 heavy (non-hydrogen) atoms. The van der Waals surface area contributed by atoms with Crippen molar-refractivity contribution in [3.63, 3.8) is 0 Å². The minimum absolute atomic E-state index is 0.0745. The fourth-order valence-electron chi connectivity index (χ4n) is 3.86. The van der Waals surface area contributed by atoms with E-state index in [-0.39, 0.29) is 29.2 Å². The van der Waals surface area contributed by atoms with Gasteiger partial charge in [0.15, 0.2) is 23.4 Å². The van der Waals surface area contributed by atoms with Gasteiger partial charge in [-0.2, -0.15) is 0 Å². The fourth-order valence-corrected chi connectivity index (χ4v) is 3.86. The van der Waals surface area contributed by atoms with E-state index in [1.165, 1.54) is 43.5 Å². The van der Waals surface area contributed by atoms with Gasteiger partial charge in [-0.15, -0.1) is 0 Å². The summed E-state index contributed by atoms with van der Waals surface area (Å²) in [5.74, 6) is -2.63. The van der Waals surface area contributed by atoms with Gasteiger partial charge >= 0.3 is 5.97 Å². The second kappa shape index (κ2) is 10.8. The van der Waals surface area contributed by atoms with E-state index in [2.05, 4.69) is 6.92 Å². The molecule has 8 nitrogen and oxygen atoms in total. The van der Waals surface area contributed by atoms with Crippen LogP contribution in [0, 0.1) is 0 Å². The zero-order valence-electron chi connectivity index (χ0n) is 18.5. The number of hydrogen-bond donors (Lipinski definition) is 5. The van der Waals surface area contributed by atoms with Gasteiger partial charge in [-0.05, 0) is 25.0 Å². The van der Waals surface area contributed by atoms with E-state index in [1.54, 1.807) is 6.08 Å². The van der Waals surface area contributed by atoms with Crippen molar-refractivity contribution in [1.82, 2.24) is 0 Å². The maximum absolute atomic E-state index is 12.5. The van der Waals surface area contributed by atoms with Crippen molar-refractivity contribution < 1.29 is 39.8 Å². The van der Waals surface area contributed by atoms with Crippen molar-refractivity contribution >= 4 is 5.97 Å². The Morgan fingerprint density at radius 2 is 1.70 bits per heavy atom. The summed E-state index contributed by atoms with van der Waals surface area (Å²) >= 11 is 0. The molecule has 0 saturated heterocycles. The average molecular weight is 459 g/mol. The highest BCUT2D eigenvalue weighted by Gasteiger charge is 2.36. The molecule has 2 aromatic rings. The second-order valence-corrected chi connectivity index (χ2v) is 8.17. The van der Waals surface area contributed by atoms with Crippen molar-refractivity contribution in [3.8, 4) is 34.5 Å². The van der Waals surface area contributed by atoms with Gasteiger partial charge in [-0.1, -0.05) is 38.7 Å². The molecule has 0 aromatic heterocycles. The monoisotopic (exact) mass is 458 g/mol. The number of ether oxygens (including phenoxy) is 2. The van der Waals surface area contributed by atoms with E-state index in [0.717, 1.165) is 25.3 Å². The Labute approximate surface area is 192 Å². The highest BCUT2D eigenvalue weighted by atomic mass is 16.6. The molecule has 8 heteroatoms. The molecule has 0 bridgehead atoms. The fraction of sp³-hybridized carbons (Fsp3) is 0.400. The first kappa shape index (κ1) is 24.1. The van der Waals surface area contributed by atoms with Crippen LogP contribution in [0.2, 0.25) is 0 Å². The predicted octanol–water partition coefficient (Wildman–Crippen LogP) is 4.72. The van der Waals surface area contributed by atoms with Crippen LogP contribution in [-0.2, 0) is 16.0 Å². The molecule has 1 heterocycles. The molecule has 2 aromatic carbocycles. The topological polar surface area (TPSA) is 137 Å². The highest BCUT2D eigenvalue weighted by molar-refractivity contribution is 5.82. The third-order valence-corrected chi connectivity index (χ3v) is 5.58. The van der Waals surface area contributed by atoms with Crippen molar-refractivity contribution in [1.29, 1.82) is 0 Å². The molecular weight excluding hydrogens is 428 g/mol. The van der Waals surface area contributed by atoms with Gasteiger partial charge < -0.3 is 35.0 Å². The van der Waals surface area contributed by atoms with Gasteiger partial charge in [0, 0.05) is 35.8 Å². The Bertz CT molecular complexity index is 991. The van der Waals surface area contributed by atoms with Gasteiger partial charge in [-0.3, -0.25) is 0 Å². The first-order chi connectivity index (χ1) is 15.8. The summed E-state index contributed by atoms with van der Waals surface area (Å²) in [6.45, 7) is 2.15. The lowest BCUT2D eigenvalue weighted by Crippen LogP contribution is -2.34. The van der Waals surface area contributed by atoms with Crippen LogP contribution >= 0.6 is 0 Å². The standard InChI is InChI=1S/C25H30O8/c1-2-3-4-5-6-7-8-9-23(30)32-22-14-17-18(27)12-16(26)13-21(17)33-25(22)15-10-19(28)24(31)20(29)11-15/h8-13,22,25-29,31H,2-7,14H2,1H3/b9-8+/t22-,25-/m1/s1. The summed E-state index contributed by atoms with van der Waals surface area (Å²) in [5.41, 5.74) is 0.600. The van der Waals surface area contributed by atoms with Crippen molar-refractivity contribution in [2.75, 3.05) is 0 Å². The molecule has 0 aliphatic carbocycles. The number of aromatic hydroxyl groups is 5. The van der Waals surface area contributed by atoms with Crippen LogP contribution in [0.3, 0.4) is 0 Å². The maximum atomic E-state index is 12.5. The number of carbonyl (C=O) groups excluding carboxylic acids is 1. The normalized spacial score (nSPS) is 17.5. The number of unbranched alkanes of at least 4 members (excludes halogenated alkanes) is 5. The quantitative estimate of drug-likeness (QED) is 0.158. The van der Waals surface area contributed by atoms with Gasteiger partial charge in [0.05, 0.1) is 0 Å². The van der Waals surface area contributed by atoms with Gasteiger partial charge in [-0.25, -0.2) is 4.79 Å². The summed E-state index contributed by atoms with van der Waals surface area (Å²) < 4.78 is 11.5. The van der Waals surface area contributed by atoms with Crippen LogP contribution in [-0.4, -0.2) is 37.6 Å². The Balaban J connectivity index is 1.78. The van der Waals surface area contributed by atoms with E-state index in [9.17, 15) is 30.3 Å². The average Bonchev–Trinajstić information content (AvgIpc) is 2.76. The minimum atomic E-state index is -0.970. The number of fused-ring (bicyclic) bond motifs is 1. The summed E-state index contributed by atoms with van der Waals surface area (Å²) in [7, 11) is 0. The smallest absolute Gasteiger partial charge is 0.330 e. The summed E-state index contributed by atoms with van der Waals surface area (Å²) in [4.78, 5) is 12.5. The lowest BCUT2D eigenvalue weighted by molar-refractivity contribution is -0.149. The molecule has 2 atom stereocenters. The highest BCUT2D eigenvalue weighted by Crippen LogP contribution is 2.45. The molecule has 0 fully saturated rings. The minimum Gasteiger partial charge on any atom is -0.508 e. The van der Waals surface area contributed by atoms with E-state index in [0.29, 0.717) is 5.56 Å². The number of phenols is 5. The largest absolute Gasteiger partial charge is 0.508 e. The van der Waals surface area contributed by atoms with Crippen molar-refractivity contribution in [3.05, 3.63) is 47.5 Å². The van der Waals surface area contributed by atoms with Crippen molar-refractivity contribution in [2.24, 2.45) is 0 Å². The molecule has 0 amide bonds. The molecule has 1 aliphatic heterocycles. The summed E-state index contributed by atoms with van der Waals surface area (Å²) in [6.07, 6.45) is 7.69. The number of rotatable bonds is 9. The summed E-state index contributed by atoms with van der Waals surface area (Å²) in [5, 5.41) is 49.5. The maximum Gasteiger partial charge on any atom is 0.330 e. The Morgan fingerprint density at radius 3 is 2.39 bits per heavy atom. The number of phenolic OH excluding ortho intramolecular Hbond substituents is 5. The molecule has 0 radical (unpaired) electrons. The number of esters is 1. The molecule has 0 saturated carbocycles. The van der Waals surface area contributed by atoms with Crippen LogP contribution in [0.5, 0.6) is 34.5 Å². The SMILES string of the molecule is CCCCCCC/C=C/C(=O)O[C@@H]1Cc2c(O)cc(O)cc2O[C@@H]1c1cc(O)c(O)c(O)c1. The van der Waals surface area contributed by atoms with Crippen LogP contribution in [0.25, 0.3) is 0 Å². The summed E-state index contributed by atoms with van der Waals surface area (Å²) in [6, 6.07) is 4.87. The number of allylic oxidation sites excluding steroid dienone is 1. The van der Waals surface area contributed by atoms with E-state index in [4.69, 9.17) is 9.47 Å². The molecule has 5 N–H and O–H groups in total. The molecule has 0 unspecified atom stereocenters. The second-order valence-electron chi connectivity index (χ2n) is 8.17. The lowest BCUT2D eigenvalue weighted by Gasteiger charge is -2.33. The van der Waals surface area contributed by atoms with Gasteiger partial charge in [0.2, 0.25) is 0 Å². The lowest BCUT2D eigenvalue weighted by atomic mass is 9.93. The molecule has 3 rings (SSSR count). The van der Waals surface area contributed by atoms with E-state index < -0.39 is 35.4 Å². The molecule has 1 aliphatic rings. The molecular formula is C25H30O8. The van der Waals surface area contributed by atoms with Crippen LogP contribution < -0.4 is 4.74 Å². The van der Waals surface area contributed by atoms with Gasteiger partial charge in [0.25, 0.3) is 0 Å². The first-order valence-electron chi connectivity index (χ1n) is 11.1. The number of carbonyl (C=O) groups is 1. The van der Waals surface area contributed by atoms with Crippen LogP contribution in [0.1, 0.15) is 62.7 Å². The van der Waals surface area contributed by atoms with Crippen LogP contribution in [0.4, 0.5) is 0 Å². The first-order valence-corrected chi connectivity index (χ1v) is 11.1. The zero-order chi connectivity index (χ0) is 24.0. The molecule has 178 valence electrons. The third kappa shape index (κ3) is 6.03. The predicted molar refractivity (Wildman–Crippen MR) is 121 cm³/mol. The van der Waals surface area contributed by atoms with E-state index >= 15 is 0 Å².